The van der Waals surface area contributed by atoms with Crippen LogP contribution in [0.1, 0.15) is 22.4 Å². The van der Waals surface area contributed by atoms with Crippen molar-refractivity contribution in [3.63, 3.8) is 0 Å². The van der Waals surface area contributed by atoms with Crippen LogP contribution < -0.4 is 0 Å². The Morgan fingerprint density at radius 2 is 1.67 bits per heavy atom. The Kier molecular flexibility index (Phi) is 5.11. The Labute approximate surface area is 169 Å². The standard InChI is InChI=1S/C22H16F5N3/c1-30-9-8-17(18-5-3-15(23)11-19(18)24)16-4-2-13(10-14(16)12-30)20-6-7-21(29-28-20)22(25,26)27/h2-8,10-11H,9,12H2,1H3. The summed E-state index contributed by atoms with van der Waals surface area (Å²) in [6.07, 6.45) is -2.68. The van der Waals surface area contributed by atoms with Gasteiger partial charge in [-0.05, 0) is 54.1 Å². The molecular weight excluding hydrogens is 401 g/mol. The number of likely N-dealkylation sites (N-methyl/N-ethyl adjacent to an activating group) is 1. The van der Waals surface area contributed by atoms with Crippen LogP contribution in [0.25, 0.3) is 16.8 Å². The van der Waals surface area contributed by atoms with Crippen molar-refractivity contribution in [2.75, 3.05) is 13.6 Å². The van der Waals surface area contributed by atoms with Gasteiger partial charge in [-0.15, -0.1) is 10.2 Å². The summed E-state index contributed by atoms with van der Waals surface area (Å²) in [6, 6.07) is 10.9. The van der Waals surface area contributed by atoms with Crippen LogP contribution in [0.4, 0.5) is 22.0 Å². The highest BCUT2D eigenvalue weighted by Gasteiger charge is 2.33. The fraction of sp³-hybridized carbons (Fsp3) is 0.182. The molecule has 154 valence electrons. The van der Waals surface area contributed by atoms with Crippen LogP contribution in [0.3, 0.4) is 0 Å². The third kappa shape index (κ3) is 3.95. The molecule has 1 aliphatic rings. The van der Waals surface area contributed by atoms with Crippen molar-refractivity contribution >= 4 is 5.57 Å². The van der Waals surface area contributed by atoms with Crippen molar-refractivity contribution in [3.05, 3.63) is 88.6 Å². The van der Waals surface area contributed by atoms with E-state index in [1.807, 2.05) is 24.1 Å². The molecule has 3 aromatic rings. The maximum absolute atomic E-state index is 14.4. The van der Waals surface area contributed by atoms with Gasteiger partial charge in [0.2, 0.25) is 0 Å². The Balaban J connectivity index is 1.76. The molecule has 30 heavy (non-hydrogen) atoms. The molecule has 0 unspecified atom stereocenters. The number of alkyl halides is 3. The van der Waals surface area contributed by atoms with Crippen LogP contribution in [-0.4, -0.2) is 28.7 Å². The summed E-state index contributed by atoms with van der Waals surface area (Å²) in [5.74, 6) is -1.31. The Morgan fingerprint density at radius 3 is 2.33 bits per heavy atom. The average Bonchev–Trinajstić information content (AvgIpc) is 2.85. The van der Waals surface area contributed by atoms with Crippen LogP contribution in [0.2, 0.25) is 0 Å². The van der Waals surface area contributed by atoms with Crippen molar-refractivity contribution < 1.29 is 22.0 Å². The second kappa shape index (κ2) is 7.60. The number of nitrogens with zero attached hydrogens (tertiary/aromatic N) is 3. The molecule has 0 atom stereocenters. The highest BCUT2D eigenvalue weighted by molar-refractivity contribution is 5.83. The second-order valence-corrected chi connectivity index (χ2v) is 7.11. The largest absolute Gasteiger partial charge is 0.435 e. The summed E-state index contributed by atoms with van der Waals surface area (Å²) in [5, 5.41) is 6.98. The zero-order valence-electron chi connectivity index (χ0n) is 15.8. The molecule has 0 N–H and O–H groups in total. The van der Waals surface area contributed by atoms with Gasteiger partial charge in [-0.2, -0.15) is 13.2 Å². The lowest BCUT2D eigenvalue weighted by Gasteiger charge is -2.16. The van der Waals surface area contributed by atoms with Gasteiger partial charge in [-0.1, -0.05) is 18.2 Å². The van der Waals surface area contributed by atoms with Crippen molar-refractivity contribution in [1.29, 1.82) is 0 Å². The van der Waals surface area contributed by atoms with Gasteiger partial charge in [-0.3, -0.25) is 4.90 Å². The van der Waals surface area contributed by atoms with Gasteiger partial charge in [0.1, 0.15) is 11.6 Å². The Morgan fingerprint density at radius 1 is 0.900 bits per heavy atom. The quantitative estimate of drug-likeness (QED) is 0.529. The predicted molar refractivity (Wildman–Crippen MR) is 102 cm³/mol. The number of fused-ring (bicyclic) bond motifs is 1. The van der Waals surface area contributed by atoms with Crippen molar-refractivity contribution in [2.45, 2.75) is 12.7 Å². The number of hydrogen-bond donors (Lipinski definition) is 0. The van der Waals surface area contributed by atoms with Gasteiger partial charge in [-0.25, -0.2) is 8.78 Å². The van der Waals surface area contributed by atoms with Gasteiger partial charge in [0.25, 0.3) is 0 Å². The lowest BCUT2D eigenvalue weighted by atomic mass is 9.92. The first-order valence-corrected chi connectivity index (χ1v) is 9.11. The molecule has 4 rings (SSSR count). The molecule has 0 radical (unpaired) electrons. The minimum Gasteiger partial charge on any atom is -0.298 e. The van der Waals surface area contributed by atoms with E-state index in [1.54, 1.807) is 12.1 Å². The third-order valence-electron chi connectivity index (χ3n) is 4.91. The molecule has 0 spiro atoms. The van der Waals surface area contributed by atoms with E-state index < -0.39 is 23.5 Å². The summed E-state index contributed by atoms with van der Waals surface area (Å²) in [5.41, 5.74) is 2.39. The molecular formula is C22H16F5N3. The Bertz CT molecular complexity index is 1120. The molecule has 0 amide bonds. The van der Waals surface area contributed by atoms with Crippen molar-refractivity contribution in [3.8, 4) is 11.3 Å². The number of rotatable bonds is 2. The van der Waals surface area contributed by atoms with Gasteiger partial charge in [0, 0.05) is 30.3 Å². The zero-order chi connectivity index (χ0) is 21.5. The fourth-order valence-corrected chi connectivity index (χ4v) is 3.46. The summed E-state index contributed by atoms with van der Waals surface area (Å²) in [4.78, 5) is 2.01. The molecule has 0 fully saturated rings. The van der Waals surface area contributed by atoms with Gasteiger partial charge in [0.15, 0.2) is 5.69 Å². The number of hydrogen-bond acceptors (Lipinski definition) is 3. The Hall–Kier alpha value is -3.13. The minimum absolute atomic E-state index is 0.287. The average molecular weight is 417 g/mol. The van der Waals surface area contributed by atoms with E-state index in [1.165, 1.54) is 18.2 Å². The zero-order valence-corrected chi connectivity index (χ0v) is 15.8. The number of benzene rings is 2. The molecule has 0 saturated heterocycles. The lowest BCUT2D eigenvalue weighted by Crippen LogP contribution is -2.16. The van der Waals surface area contributed by atoms with E-state index in [0.29, 0.717) is 29.9 Å². The topological polar surface area (TPSA) is 29.0 Å². The predicted octanol–water partition coefficient (Wildman–Crippen LogP) is 5.32. The fourth-order valence-electron chi connectivity index (χ4n) is 3.46. The normalized spacial score (nSPS) is 14.8. The molecule has 8 heteroatoms. The van der Waals surface area contributed by atoms with E-state index in [9.17, 15) is 22.0 Å². The summed E-state index contributed by atoms with van der Waals surface area (Å²) in [7, 11) is 1.90. The van der Waals surface area contributed by atoms with Gasteiger partial charge in [0.05, 0.1) is 5.69 Å². The third-order valence-corrected chi connectivity index (χ3v) is 4.91. The molecule has 0 aliphatic carbocycles. The van der Waals surface area contributed by atoms with E-state index in [-0.39, 0.29) is 5.56 Å². The second-order valence-electron chi connectivity index (χ2n) is 7.11. The van der Waals surface area contributed by atoms with Crippen LogP contribution in [0.15, 0.2) is 54.6 Å². The van der Waals surface area contributed by atoms with Crippen LogP contribution in [0, 0.1) is 11.6 Å². The molecule has 3 nitrogen and oxygen atoms in total. The van der Waals surface area contributed by atoms with E-state index in [2.05, 4.69) is 10.2 Å². The van der Waals surface area contributed by atoms with E-state index in [0.717, 1.165) is 23.3 Å². The SMILES string of the molecule is CN1CC=C(c2ccc(F)cc2F)c2ccc(-c3ccc(C(F)(F)F)nn3)cc2C1. The van der Waals surface area contributed by atoms with E-state index >= 15 is 0 Å². The summed E-state index contributed by atoms with van der Waals surface area (Å²) < 4.78 is 66.0. The first-order valence-electron chi connectivity index (χ1n) is 9.11. The van der Waals surface area contributed by atoms with E-state index in [4.69, 9.17) is 0 Å². The minimum atomic E-state index is -4.55. The van der Waals surface area contributed by atoms with Gasteiger partial charge < -0.3 is 0 Å². The highest BCUT2D eigenvalue weighted by atomic mass is 19.4. The van der Waals surface area contributed by atoms with Crippen molar-refractivity contribution in [2.24, 2.45) is 0 Å². The number of halogens is 5. The number of aromatic nitrogens is 2. The van der Waals surface area contributed by atoms with Gasteiger partial charge >= 0.3 is 6.18 Å². The first kappa shape index (κ1) is 20.2. The summed E-state index contributed by atoms with van der Waals surface area (Å²) >= 11 is 0. The lowest BCUT2D eigenvalue weighted by molar-refractivity contribution is -0.141. The molecule has 2 aromatic carbocycles. The molecule has 0 bridgehead atoms. The van der Waals surface area contributed by atoms with Crippen LogP contribution in [0.5, 0.6) is 0 Å². The molecule has 1 aliphatic heterocycles. The maximum atomic E-state index is 14.4. The van der Waals surface area contributed by atoms with Crippen molar-refractivity contribution in [1.82, 2.24) is 15.1 Å². The highest BCUT2D eigenvalue weighted by Crippen LogP contribution is 2.34. The van der Waals surface area contributed by atoms with Crippen LogP contribution in [-0.2, 0) is 12.7 Å². The van der Waals surface area contributed by atoms with Crippen LogP contribution >= 0.6 is 0 Å². The maximum Gasteiger partial charge on any atom is 0.435 e. The molecule has 1 aromatic heterocycles. The monoisotopic (exact) mass is 417 g/mol. The molecule has 0 saturated carbocycles. The molecule has 2 heterocycles. The summed E-state index contributed by atoms with van der Waals surface area (Å²) in [6.45, 7) is 1.09. The smallest absolute Gasteiger partial charge is 0.298 e. The first-order chi connectivity index (χ1) is 14.2.